The predicted octanol–water partition coefficient (Wildman–Crippen LogP) is 2.90. The van der Waals surface area contributed by atoms with Gasteiger partial charge in [-0.05, 0) is 49.2 Å². The van der Waals surface area contributed by atoms with Gasteiger partial charge in [0.2, 0.25) is 5.91 Å². The Labute approximate surface area is 183 Å². The fourth-order valence-corrected chi connectivity index (χ4v) is 3.55. The van der Waals surface area contributed by atoms with Gasteiger partial charge in [0.15, 0.2) is 0 Å². The van der Waals surface area contributed by atoms with E-state index in [0.717, 1.165) is 25.1 Å². The maximum absolute atomic E-state index is 13.1. The van der Waals surface area contributed by atoms with Gasteiger partial charge in [-0.3, -0.25) is 14.5 Å². The highest BCUT2D eigenvalue weighted by Gasteiger charge is 2.22. The fraction of sp³-hybridized carbons (Fsp3) is 0.417. The Bertz CT molecular complexity index is 845. The lowest BCUT2D eigenvalue weighted by Crippen LogP contribution is -2.41. The molecule has 0 aliphatic carbocycles. The Hall–Kier alpha value is -2.93. The Kier molecular flexibility index (Phi) is 8.41. The van der Waals surface area contributed by atoms with E-state index in [-0.39, 0.29) is 17.6 Å². The molecule has 2 aromatic rings. The van der Waals surface area contributed by atoms with E-state index in [1.54, 1.807) is 9.80 Å². The molecule has 0 unspecified atom stereocenters. The van der Waals surface area contributed by atoms with Crippen molar-refractivity contribution in [2.24, 2.45) is 0 Å². The van der Waals surface area contributed by atoms with Crippen molar-refractivity contribution < 1.29 is 18.7 Å². The summed E-state index contributed by atoms with van der Waals surface area (Å²) in [5.74, 6) is 0.454. The van der Waals surface area contributed by atoms with Crippen molar-refractivity contribution in [3.63, 3.8) is 0 Å². The van der Waals surface area contributed by atoms with Crippen LogP contribution in [0.25, 0.3) is 0 Å². The smallest absolute Gasteiger partial charge is 0.253 e. The first-order valence-electron chi connectivity index (χ1n) is 10.7. The molecule has 2 aromatic carbocycles. The van der Waals surface area contributed by atoms with Gasteiger partial charge in [0.1, 0.15) is 11.6 Å². The molecule has 1 aliphatic rings. The van der Waals surface area contributed by atoms with Gasteiger partial charge in [-0.2, -0.15) is 0 Å². The van der Waals surface area contributed by atoms with Crippen LogP contribution in [0.3, 0.4) is 0 Å². The predicted molar refractivity (Wildman–Crippen MR) is 118 cm³/mol. The summed E-state index contributed by atoms with van der Waals surface area (Å²) in [5, 5.41) is 0. The van der Waals surface area contributed by atoms with Gasteiger partial charge in [-0.1, -0.05) is 18.2 Å². The summed E-state index contributed by atoms with van der Waals surface area (Å²) in [4.78, 5) is 30.8. The first-order valence-corrected chi connectivity index (χ1v) is 10.7. The van der Waals surface area contributed by atoms with Gasteiger partial charge in [0.05, 0.1) is 13.2 Å². The van der Waals surface area contributed by atoms with Crippen LogP contribution in [0.1, 0.15) is 23.2 Å². The van der Waals surface area contributed by atoms with E-state index < -0.39 is 0 Å². The molecule has 1 saturated heterocycles. The highest BCUT2D eigenvalue weighted by atomic mass is 19.1. The molecule has 3 rings (SSSR count). The number of rotatable bonds is 8. The first kappa shape index (κ1) is 22.7. The van der Waals surface area contributed by atoms with Crippen LogP contribution < -0.4 is 4.74 Å². The summed E-state index contributed by atoms with van der Waals surface area (Å²) in [6.07, 6.45) is 1.56. The molecule has 1 fully saturated rings. The summed E-state index contributed by atoms with van der Waals surface area (Å²) >= 11 is 0. The third-order valence-corrected chi connectivity index (χ3v) is 5.40. The number of halogens is 1. The van der Waals surface area contributed by atoms with E-state index >= 15 is 0 Å². The van der Waals surface area contributed by atoms with Crippen molar-refractivity contribution in [1.82, 2.24) is 14.7 Å². The van der Waals surface area contributed by atoms with Gasteiger partial charge in [0, 0.05) is 45.3 Å². The second-order valence-electron chi connectivity index (χ2n) is 7.76. The number of nitrogens with zero attached hydrogens (tertiary/aromatic N) is 3. The molecule has 1 heterocycles. The summed E-state index contributed by atoms with van der Waals surface area (Å²) in [7, 11) is 1.81. The Morgan fingerprint density at radius 3 is 2.48 bits per heavy atom. The maximum atomic E-state index is 13.1. The van der Waals surface area contributed by atoms with Crippen LogP contribution in [0.4, 0.5) is 4.39 Å². The molecule has 0 spiro atoms. The molecule has 0 N–H and O–H groups in total. The molecular formula is C24H30FN3O3. The fourth-order valence-electron chi connectivity index (χ4n) is 3.55. The second kappa shape index (κ2) is 11.5. The zero-order valence-corrected chi connectivity index (χ0v) is 18.0. The van der Waals surface area contributed by atoms with Crippen molar-refractivity contribution in [2.75, 3.05) is 52.9 Å². The zero-order chi connectivity index (χ0) is 22.1. The average molecular weight is 428 g/mol. The number of carbonyl (C=O) groups excluding carboxylic acids is 2. The topological polar surface area (TPSA) is 53.1 Å². The second-order valence-corrected chi connectivity index (χ2v) is 7.76. The molecule has 31 heavy (non-hydrogen) atoms. The lowest BCUT2D eigenvalue weighted by Gasteiger charge is -2.24. The van der Waals surface area contributed by atoms with Crippen molar-refractivity contribution >= 4 is 11.8 Å². The lowest BCUT2D eigenvalue weighted by molar-refractivity contribution is -0.131. The minimum atomic E-state index is -0.354. The molecule has 0 atom stereocenters. The third kappa shape index (κ3) is 7.07. The summed E-state index contributed by atoms with van der Waals surface area (Å²) < 4.78 is 18.8. The number of likely N-dealkylation sites (N-methyl/N-ethyl adjacent to an activating group) is 1. The molecule has 6 nitrogen and oxygen atoms in total. The summed E-state index contributed by atoms with van der Waals surface area (Å²) in [5.41, 5.74) is 0.489. The van der Waals surface area contributed by atoms with Gasteiger partial charge < -0.3 is 14.5 Å². The van der Waals surface area contributed by atoms with Crippen LogP contribution in [0.2, 0.25) is 0 Å². The van der Waals surface area contributed by atoms with Gasteiger partial charge >= 0.3 is 0 Å². The number of amides is 2. The number of hydrogen-bond donors (Lipinski definition) is 0. The van der Waals surface area contributed by atoms with Gasteiger partial charge in [-0.15, -0.1) is 0 Å². The zero-order valence-electron chi connectivity index (χ0n) is 18.0. The van der Waals surface area contributed by atoms with E-state index in [2.05, 4.69) is 4.90 Å². The molecule has 166 valence electrons. The molecule has 0 aromatic heterocycles. The summed E-state index contributed by atoms with van der Waals surface area (Å²) in [6, 6.07) is 15.3. The molecule has 1 aliphatic heterocycles. The first-order chi connectivity index (χ1) is 15.0. The van der Waals surface area contributed by atoms with Crippen LogP contribution in [0.5, 0.6) is 5.75 Å². The lowest BCUT2D eigenvalue weighted by atomic mass is 10.2. The van der Waals surface area contributed by atoms with Crippen LogP contribution in [0.15, 0.2) is 54.6 Å². The van der Waals surface area contributed by atoms with Crippen LogP contribution in [0, 0.1) is 5.82 Å². The van der Waals surface area contributed by atoms with Crippen molar-refractivity contribution in [1.29, 1.82) is 0 Å². The Morgan fingerprint density at radius 2 is 1.74 bits per heavy atom. The van der Waals surface area contributed by atoms with E-state index in [4.69, 9.17) is 4.74 Å². The number of ether oxygens (including phenoxy) is 1. The quantitative estimate of drug-likeness (QED) is 0.608. The van der Waals surface area contributed by atoms with Crippen molar-refractivity contribution in [2.45, 2.75) is 12.8 Å². The SMILES string of the molecule is CN(CCCOc1ccccc1)C(=O)CN1CCCN(C(=O)c2ccc(F)cc2)CC1. The number of carbonyl (C=O) groups is 2. The van der Waals surface area contributed by atoms with Crippen molar-refractivity contribution in [3.8, 4) is 5.75 Å². The minimum absolute atomic E-state index is 0.0676. The van der Waals surface area contributed by atoms with E-state index in [1.165, 1.54) is 24.3 Å². The number of hydrogen-bond acceptors (Lipinski definition) is 4. The Morgan fingerprint density at radius 1 is 1.00 bits per heavy atom. The number of para-hydroxylation sites is 1. The largest absolute Gasteiger partial charge is 0.494 e. The van der Waals surface area contributed by atoms with E-state index in [1.807, 2.05) is 37.4 Å². The third-order valence-electron chi connectivity index (χ3n) is 5.40. The van der Waals surface area contributed by atoms with Crippen LogP contribution in [-0.4, -0.2) is 79.4 Å². The van der Waals surface area contributed by atoms with E-state index in [9.17, 15) is 14.0 Å². The molecule has 0 radical (unpaired) electrons. The molecule has 2 amide bonds. The Balaban J connectivity index is 1.39. The van der Waals surface area contributed by atoms with Gasteiger partial charge in [-0.25, -0.2) is 4.39 Å². The van der Waals surface area contributed by atoms with Crippen LogP contribution in [-0.2, 0) is 4.79 Å². The normalized spacial score (nSPS) is 14.7. The number of benzene rings is 2. The standard InChI is InChI=1S/C24H30FN3O3/c1-26(13-6-18-31-22-7-3-2-4-8-22)23(29)19-27-14-5-15-28(17-16-27)24(30)20-9-11-21(25)12-10-20/h2-4,7-12H,5-6,13-19H2,1H3. The molecular weight excluding hydrogens is 397 g/mol. The minimum Gasteiger partial charge on any atom is -0.494 e. The maximum Gasteiger partial charge on any atom is 0.253 e. The van der Waals surface area contributed by atoms with Crippen molar-refractivity contribution in [3.05, 3.63) is 66.0 Å². The summed E-state index contributed by atoms with van der Waals surface area (Å²) in [6.45, 7) is 4.13. The molecule has 0 bridgehead atoms. The van der Waals surface area contributed by atoms with Crippen LogP contribution >= 0.6 is 0 Å². The van der Waals surface area contributed by atoms with Gasteiger partial charge in [0.25, 0.3) is 5.91 Å². The average Bonchev–Trinajstić information content (AvgIpc) is 3.03. The molecule has 7 heteroatoms. The highest BCUT2D eigenvalue weighted by molar-refractivity contribution is 5.94. The molecule has 0 saturated carbocycles. The highest BCUT2D eigenvalue weighted by Crippen LogP contribution is 2.11. The monoisotopic (exact) mass is 427 g/mol. The van der Waals surface area contributed by atoms with E-state index in [0.29, 0.717) is 44.9 Å².